The van der Waals surface area contributed by atoms with E-state index in [1.807, 2.05) is 23.1 Å². The quantitative estimate of drug-likeness (QED) is 0.290. The van der Waals surface area contributed by atoms with Crippen LogP contribution in [0.5, 0.6) is 5.75 Å². The number of hydrogen-bond donors (Lipinski definition) is 3. The molecule has 0 atom stereocenters. The molecule has 0 saturated carbocycles. The molecule has 0 spiro atoms. The summed E-state index contributed by atoms with van der Waals surface area (Å²) in [6.07, 6.45) is 3.07. The normalized spacial score (nSPS) is 13.9. The summed E-state index contributed by atoms with van der Waals surface area (Å²) in [7, 11) is 0. The predicted molar refractivity (Wildman–Crippen MR) is 142 cm³/mol. The molecule has 2 aromatic carbocycles. The number of rotatable bonds is 6. The Morgan fingerprint density at radius 3 is 2.42 bits per heavy atom. The van der Waals surface area contributed by atoms with E-state index in [0.29, 0.717) is 65.6 Å². The zero-order chi connectivity index (χ0) is 26.4. The van der Waals surface area contributed by atoms with Crippen LogP contribution in [0.4, 0.5) is 11.6 Å². The molecule has 6 rings (SSSR count). The van der Waals surface area contributed by atoms with E-state index in [1.165, 1.54) is 10.9 Å². The lowest BCUT2D eigenvalue weighted by molar-refractivity contribution is -0.137. The van der Waals surface area contributed by atoms with Gasteiger partial charge in [0.1, 0.15) is 18.1 Å². The van der Waals surface area contributed by atoms with Crippen molar-refractivity contribution in [2.24, 2.45) is 0 Å². The summed E-state index contributed by atoms with van der Waals surface area (Å²) in [4.78, 5) is 29.8. The molecule has 12 nitrogen and oxygen atoms in total. The van der Waals surface area contributed by atoms with Gasteiger partial charge in [0.2, 0.25) is 5.95 Å². The molecule has 1 aliphatic rings. The maximum Gasteiger partial charge on any atom is 0.323 e. The van der Waals surface area contributed by atoms with Gasteiger partial charge >= 0.3 is 5.97 Å². The van der Waals surface area contributed by atoms with Crippen molar-refractivity contribution in [3.8, 4) is 11.6 Å². The molecule has 0 bridgehead atoms. The van der Waals surface area contributed by atoms with E-state index in [4.69, 9.17) is 9.97 Å². The molecule has 38 heavy (non-hydrogen) atoms. The van der Waals surface area contributed by atoms with E-state index >= 15 is 0 Å². The van der Waals surface area contributed by atoms with Crippen molar-refractivity contribution in [2.45, 2.75) is 6.54 Å². The lowest BCUT2D eigenvalue weighted by Gasteiger charge is -2.36. The Balaban J connectivity index is 1.42. The van der Waals surface area contributed by atoms with Gasteiger partial charge in [-0.05, 0) is 30.3 Å². The largest absolute Gasteiger partial charge is 0.508 e. The second-order valence-corrected chi connectivity index (χ2v) is 9.02. The van der Waals surface area contributed by atoms with E-state index in [-0.39, 0.29) is 18.1 Å². The molecule has 1 saturated heterocycles. The molecule has 192 valence electrons. The van der Waals surface area contributed by atoms with Gasteiger partial charge in [0.15, 0.2) is 17.0 Å². The molecule has 0 aliphatic carbocycles. The minimum atomic E-state index is -1.01. The minimum Gasteiger partial charge on any atom is -0.508 e. The number of aliphatic hydroxyl groups is 1. The highest BCUT2D eigenvalue weighted by molar-refractivity contribution is 5.92. The molecule has 3 N–H and O–H groups in total. The van der Waals surface area contributed by atoms with Gasteiger partial charge in [-0.25, -0.2) is 9.67 Å². The molecule has 12 heteroatoms. The Morgan fingerprint density at radius 1 is 0.974 bits per heavy atom. The smallest absolute Gasteiger partial charge is 0.323 e. The van der Waals surface area contributed by atoms with Crippen LogP contribution in [0.2, 0.25) is 0 Å². The number of aromatic nitrogens is 6. The van der Waals surface area contributed by atoms with Crippen molar-refractivity contribution in [1.82, 2.24) is 29.3 Å². The number of anilines is 2. The molecular weight excluding hydrogens is 488 g/mol. The average Bonchev–Trinajstić information content (AvgIpc) is 3.52. The average molecular weight is 513 g/mol. The van der Waals surface area contributed by atoms with Gasteiger partial charge in [-0.3, -0.25) is 4.79 Å². The Hall–Kier alpha value is -5.13. The number of nitrogens with zero attached hydrogens (tertiary/aromatic N) is 8. The van der Waals surface area contributed by atoms with Crippen molar-refractivity contribution in [2.75, 3.05) is 36.0 Å². The highest BCUT2D eigenvalue weighted by atomic mass is 16.4. The number of phenolic OH excluding ortho intramolecular Hbond substituents is 1. The summed E-state index contributed by atoms with van der Waals surface area (Å²) in [5.41, 5.74) is 3.06. The summed E-state index contributed by atoms with van der Waals surface area (Å²) in [5, 5.41) is 34.3. The second-order valence-electron chi connectivity index (χ2n) is 9.02. The van der Waals surface area contributed by atoms with Crippen molar-refractivity contribution in [3.63, 3.8) is 0 Å². The number of aliphatic carboxylic acids is 1. The van der Waals surface area contributed by atoms with Crippen LogP contribution >= 0.6 is 0 Å². The summed E-state index contributed by atoms with van der Waals surface area (Å²) < 4.78 is 3.10. The first-order valence-corrected chi connectivity index (χ1v) is 12.0. The van der Waals surface area contributed by atoms with Crippen LogP contribution in [0, 0.1) is 0 Å². The van der Waals surface area contributed by atoms with Gasteiger partial charge in [0, 0.05) is 42.8 Å². The topological polar surface area (TPSA) is 146 Å². The number of aliphatic hydroxyl groups excluding tert-OH is 1. The molecule has 0 amide bonds. The fourth-order valence-electron chi connectivity index (χ4n) is 4.77. The number of benzene rings is 2. The zero-order valence-corrected chi connectivity index (χ0v) is 20.3. The van der Waals surface area contributed by atoms with Gasteiger partial charge in [0.25, 0.3) is 0 Å². The van der Waals surface area contributed by atoms with Crippen molar-refractivity contribution < 1.29 is 20.1 Å². The highest BCUT2D eigenvalue weighted by Crippen LogP contribution is 2.29. The third kappa shape index (κ3) is 4.01. The first-order valence-electron chi connectivity index (χ1n) is 12.0. The lowest BCUT2D eigenvalue weighted by atomic mass is 10.1. The van der Waals surface area contributed by atoms with Gasteiger partial charge < -0.3 is 29.7 Å². The fraction of sp³-hybridized carbons (Fsp3) is 0.192. The number of hydrogen-bond acceptors (Lipinski definition) is 9. The summed E-state index contributed by atoms with van der Waals surface area (Å²) in [6, 6.07) is 12.5. The SMILES string of the molecule is C=C(O)c1cccc2c1cnn2-c1nc(N2CCN(c3ccc(O)cc3)CC2)nc2c1ncn2CC(=O)O. The minimum absolute atomic E-state index is 0.0686. The number of imidazole rings is 1. The van der Waals surface area contributed by atoms with Crippen LogP contribution in [0.25, 0.3) is 33.6 Å². The molecule has 4 heterocycles. The second kappa shape index (κ2) is 9.07. The van der Waals surface area contributed by atoms with Crippen LogP contribution in [0.15, 0.2) is 61.6 Å². The Kier molecular flexibility index (Phi) is 5.56. The van der Waals surface area contributed by atoms with Crippen molar-refractivity contribution in [1.29, 1.82) is 0 Å². The third-order valence-electron chi connectivity index (χ3n) is 6.64. The van der Waals surface area contributed by atoms with Crippen molar-refractivity contribution >= 4 is 45.4 Å². The Morgan fingerprint density at radius 2 is 1.71 bits per heavy atom. The van der Waals surface area contributed by atoms with Crippen LogP contribution in [-0.2, 0) is 11.3 Å². The summed E-state index contributed by atoms with van der Waals surface area (Å²) in [5.74, 6) is -0.00611. The Labute approximate surface area is 216 Å². The first-order chi connectivity index (χ1) is 18.4. The number of fused-ring (bicyclic) bond motifs is 2. The first kappa shape index (κ1) is 23.3. The van der Waals surface area contributed by atoms with Gasteiger partial charge in [-0.15, -0.1) is 0 Å². The molecule has 1 fully saturated rings. The van der Waals surface area contributed by atoms with E-state index in [0.717, 1.165) is 5.69 Å². The highest BCUT2D eigenvalue weighted by Gasteiger charge is 2.24. The zero-order valence-electron chi connectivity index (χ0n) is 20.3. The van der Waals surface area contributed by atoms with Crippen molar-refractivity contribution in [3.05, 3.63) is 67.1 Å². The van der Waals surface area contributed by atoms with Crippen LogP contribution in [-0.4, -0.2) is 76.8 Å². The molecule has 1 aliphatic heterocycles. The number of phenols is 1. The Bertz CT molecular complexity index is 1680. The summed E-state index contributed by atoms with van der Waals surface area (Å²) in [6.45, 7) is 6.03. The third-order valence-corrected chi connectivity index (χ3v) is 6.64. The van der Waals surface area contributed by atoms with Crippen LogP contribution < -0.4 is 9.80 Å². The number of aromatic hydroxyl groups is 1. The standard InChI is InChI=1S/C26H24N8O4/c1-16(35)19-3-2-4-21-20(19)13-28-34(21)25-23-24(33(15-27-23)14-22(37)38)29-26(30-25)32-11-9-31(10-12-32)17-5-7-18(36)8-6-17/h2-8,13,15,35-36H,1,9-12,14H2,(H,37,38). The molecule has 3 aromatic heterocycles. The predicted octanol–water partition coefficient (Wildman–Crippen LogP) is 2.81. The number of carboxylic acids is 1. The molecular formula is C26H24N8O4. The van der Waals surface area contributed by atoms with E-state index in [9.17, 15) is 20.1 Å². The summed E-state index contributed by atoms with van der Waals surface area (Å²) >= 11 is 0. The van der Waals surface area contributed by atoms with E-state index in [2.05, 4.69) is 21.6 Å². The van der Waals surface area contributed by atoms with Crippen LogP contribution in [0.1, 0.15) is 5.56 Å². The maximum atomic E-state index is 11.5. The van der Waals surface area contributed by atoms with Gasteiger partial charge in [-0.1, -0.05) is 18.7 Å². The van der Waals surface area contributed by atoms with Gasteiger partial charge in [-0.2, -0.15) is 15.1 Å². The monoisotopic (exact) mass is 512 g/mol. The maximum absolute atomic E-state index is 11.5. The van der Waals surface area contributed by atoms with Crippen LogP contribution in [0.3, 0.4) is 0 Å². The molecule has 5 aromatic rings. The lowest BCUT2D eigenvalue weighted by Crippen LogP contribution is -2.47. The molecule has 0 unspecified atom stereocenters. The number of piperazine rings is 1. The molecule has 0 radical (unpaired) electrons. The van der Waals surface area contributed by atoms with E-state index in [1.54, 1.807) is 35.1 Å². The van der Waals surface area contributed by atoms with Gasteiger partial charge in [0.05, 0.1) is 18.0 Å². The fourth-order valence-corrected chi connectivity index (χ4v) is 4.77. The number of carboxylic acid groups (broad SMARTS) is 1. The van der Waals surface area contributed by atoms with E-state index < -0.39 is 5.97 Å². The number of carbonyl (C=O) groups is 1.